The van der Waals surface area contributed by atoms with E-state index in [4.69, 9.17) is 9.98 Å². The van der Waals surface area contributed by atoms with Gasteiger partial charge >= 0.3 is 0 Å². The Morgan fingerprint density at radius 3 is 2.52 bits per heavy atom. The average molecular weight is 451 g/mol. The van der Waals surface area contributed by atoms with E-state index in [9.17, 15) is 14.3 Å². The Hall–Kier alpha value is -3.22. The van der Waals surface area contributed by atoms with Gasteiger partial charge in [-0.05, 0) is 56.5 Å². The quantitative estimate of drug-likeness (QED) is 0.750. The molecule has 174 valence electrons. The number of amides is 1. The lowest BCUT2D eigenvalue weighted by Crippen LogP contribution is -2.51. The number of hydrogen-bond donors (Lipinski definition) is 1. The van der Waals surface area contributed by atoms with Gasteiger partial charge in [0, 0.05) is 39.0 Å². The molecule has 1 fully saturated rings. The van der Waals surface area contributed by atoms with Gasteiger partial charge in [-0.3, -0.25) is 4.79 Å². The summed E-state index contributed by atoms with van der Waals surface area (Å²) in [5, 5.41) is 10.4. The van der Waals surface area contributed by atoms with E-state index in [1.807, 2.05) is 30.0 Å². The van der Waals surface area contributed by atoms with Crippen LogP contribution in [-0.4, -0.2) is 64.3 Å². The number of piperazine rings is 1. The van der Waals surface area contributed by atoms with Crippen molar-refractivity contribution in [3.8, 4) is 5.75 Å². The molecule has 0 radical (unpaired) electrons. The van der Waals surface area contributed by atoms with Gasteiger partial charge in [0.05, 0.1) is 11.3 Å². The highest BCUT2D eigenvalue weighted by Crippen LogP contribution is 2.29. The molecule has 33 heavy (non-hydrogen) atoms. The third-order valence-electron chi connectivity index (χ3n) is 6.13. The van der Waals surface area contributed by atoms with Gasteiger partial charge in [-0.1, -0.05) is 24.3 Å². The molecule has 0 bridgehead atoms. The zero-order valence-corrected chi connectivity index (χ0v) is 19.5. The van der Waals surface area contributed by atoms with Crippen molar-refractivity contribution in [2.75, 3.05) is 26.2 Å². The van der Waals surface area contributed by atoms with Crippen molar-refractivity contribution in [1.82, 2.24) is 9.80 Å². The van der Waals surface area contributed by atoms with Crippen molar-refractivity contribution >= 4 is 23.3 Å². The van der Waals surface area contributed by atoms with Crippen LogP contribution in [0.5, 0.6) is 5.75 Å². The summed E-state index contributed by atoms with van der Waals surface area (Å²) in [5.41, 5.74) is 2.30. The van der Waals surface area contributed by atoms with Crippen LogP contribution in [0.3, 0.4) is 0 Å². The molecule has 4 rings (SSSR count). The third kappa shape index (κ3) is 5.59. The number of hydrogen-bond acceptors (Lipinski definition) is 5. The first-order chi connectivity index (χ1) is 15.7. The van der Waals surface area contributed by atoms with Crippen molar-refractivity contribution < 1.29 is 14.3 Å². The van der Waals surface area contributed by atoms with Crippen LogP contribution in [0.15, 0.2) is 52.4 Å². The molecule has 2 aromatic rings. The second-order valence-electron chi connectivity index (χ2n) is 9.38. The highest BCUT2D eigenvalue weighted by molar-refractivity contribution is 6.10. The molecule has 0 unspecified atom stereocenters. The lowest BCUT2D eigenvalue weighted by atomic mass is 10.0. The minimum absolute atomic E-state index is 0.000426. The standard InChI is InChI=1S/C26H31FN4O2/c1-18-8-9-19-17-23(29-25(28-21(19)16-18)20-6-4-5-7-22(20)32)30-12-14-31(15-13-30)24(33)10-11-26(2,3)27/h4-9,16,32H,10-15,17H2,1-3H3. The number of aryl methyl sites for hydroxylation is 1. The fourth-order valence-electron chi connectivity index (χ4n) is 4.14. The Morgan fingerprint density at radius 1 is 1.09 bits per heavy atom. The molecule has 1 amide bonds. The molecule has 1 saturated heterocycles. The van der Waals surface area contributed by atoms with E-state index >= 15 is 0 Å². The van der Waals surface area contributed by atoms with Crippen LogP contribution in [0.1, 0.15) is 43.4 Å². The van der Waals surface area contributed by atoms with Crippen LogP contribution in [0.2, 0.25) is 0 Å². The Labute approximate surface area is 194 Å². The molecule has 0 spiro atoms. The molecular formula is C26H31FN4O2. The summed E-state index contributed by atoms with van der Waals surface area (Å²) < 4.78 is 13.8. The smallest absolute Gasteiger partial charge is 0.222 e. The van der Waals surface area contributed by atoms with Crippen molar-refractivity contribution in [3.63, 3.8) is 0 Å². The molecule has 0 saturated carbocycles. The lowest BCUT2D eigenvalue weighted by Gasteiger charge is -2.36. The van der Waals surface area contributed by atoms with Crippen molar-refractivity contribution in [2.24, 2.45) is 9.98 Å². The van der Waals surface area contributed by atoms with Gasteiger partial charge < -0.3 is 14.9 Å². The zero-order valence-electron chi connectivity index (χ0n) is 19.5. The van der Waals surface area contributed by atoms with Crippen molar-refractivity contribution in [3.05, 3.63) is 59.2 Å². The molecular weight excluding hydrogens is 419 g/mol. The van der Waals surface area contributed by atoms with Gasteiger partial charge in [0.2, 0.25) is 5.91 Å². The Balaban J connectivity index is 1.55. The maximum Gasteiger partial charge on any atom is 0.222 e. The number of carbonyl (C=O) groups excluding carboxylic acids is 1. The largest absolute Gasteiger partial charge is 0.507 e. The lowest BCUT2D eigenvalue weighted by molar-refractivity contribution is -0.133. The minimum atomic E-state index is -1.34. The van der Waals surface area contributed by atoms with E-state index < -0.39 is 5.67 Å². The van der Waals surface area contributed by atoms with E-state index in [0.29, 0.717) is 44.0 Å². The molecule has 2 aromatic carbocycles. The molecule has 0 atom stereocenters. The number of aliphatic imine (C=N–C) groups is 2. The van der Waals surface area contributed by atoms with E-state index in [0.717, 1.165) is 22.6 Å². The molecule has 6 nitrogen and oxygen atoms in total. The number of para-hydroxylation sites is 1. The summed E-state index contributed by atoms with van der Waals surface area (Å²) in [5.74, 6) is 1.50. The predicted molar refractivity (Wildman–Crippen MR) is 129 cm³/mol. The second kappa shape index (κ2) is 9.33. The molecule has 2 heterocycles. The molecule has 2 aliphatic rings. The SMILES string of the molecule is Cc1ccc2c(c1)N=C(c1ccccc1O)N=C(N1CCN(C(=O)CCC(C)(C)F)CC1)C2. The normalized spacial score (nSPS) is 16.6. The summed E-state index contributed by atoms with van der Waals surface area (Å²) in [4.78, 5) is 26.2. The summed E-state index contributed by atoms with van der Waals surface area (Å²) >= 11 is 0. The van der Waals surface area contributed by atoms with Gasteiger partial charge in [-0.2, -0.15) is 0 Å². The van der Waals surface area contributed by atoms with E-state index in [-0.39, 0.29) is 24.5 Å². The van der Waals surface area contributed by atoms with E-state index in [1.165, 1.54) is 13.8 Å². The maximum atomic E-state index is 13.8. The van der Waals surface area contributed by atoms with Crippen molar-refractivity contribution in [2.45, 2.75) is 45.7 Å². The molecule has 0 aliphatic carbocycles. The number of alkyl halides is 1. The predicted octanol–water partition coefficient (Wildman–Crippen LogP) is 4.41. The first kappa shape index (κ1) is 23.0. The molecule has 0 aromatic heterocycles. The number of carbonyl (C=O) groups is 1. The first-order valence-electron chi connectivity index (χ1n) is 11.5. The number of phenolic OH excluding ortho intramolecular Hbond substituents is 1. The monoisotopic (exact) mass is 450 g/mol. The van der Waals surface area contributed by atoms with Gasteiger partial charge in [0.15, 0.2) is 5.84 Å². The highest BCUT2D eigenvalue weighted by atomic mass is 19.1. The number of rotatable bonds is 4. The highest BCUT2D eigenvalue weighted by Gasteiger charge is 2.27. The summed E-state index contributed by atoms with van der Waals surface area (Å²) in [6, 6.07) is 13.3. The molecule has 7 heteroatoms. The van der Waals surface area contributed by atoms with Gasteiger partial charge in [0.1, 0.15) is 17.3 Å². The zero-order chi connectivity index (χ0) is 23.6. The van der Waals surface area contributed by atoms with Crippen LogP contribution >= 0.6 is 0 Å². The van der Waals surface area contributed by atoms with Gasteiger partial charge in [-0.15, -0.1) is 0 Å². The average Bonchev–Trinajstić information content (AvgIpc) is 2.96. The van der Waals surface area contributed by atoms with Crippen LogP contribution in [0, 0.1) is 6.92 Å². The number of halogens is 1. The third-order valence-corrected chi connectivity index (χ3v) is 6.13. The van der Waals surface area contributed by atoms with Crippen molar-refractivity contribution in [1.29, 1.82) is 0 Å². The van der Waals surface area contributed by atoms with E-state index in [1.54, 1.807) is 12.1 Å². The van der Waals surface area contributed by atoms with Gasteiger partial charge in [0.25, 0.3) is 0 Å². The second-order valence-corrected chi connectivity index (χ2v) is 9.38. The maximum absolute atomic E-state index is 13.8. The number of aromatic hydroxyl groups is 1. The van der Waals surface area contributed by atoms with Crippen LogP contribution in [0.25, 0.3) is 0 Å². The fraction of sp³-hybridized carbons (Fsp3) is 0.423. The molecule has 1 N–H and O–H groups in total. The Bertz CT molecular complexity index is 1100. The number of benzene rings is 2. The topological polar surface area (TPSA) is 68.5 Å². The number of phenols is 1. The first-order valence-corrected chi connectivity index (χ1v) is 11.5. The van der Waals surface area contributed by atoms with Crippen LogP contribution < -0.4 is 0 Å². The van der Waals surface area contributed by atoms with Crippen LogP contribution in [0.4, 0.5) is 10.1 Å². The Morgan fingerprint density at radius 2 is 1.82 bits per heavy atom. The summed E-state index contributed by atoms with van der Waals surface area (Å²) in [6.07, 6.45) is 1.08. The van der Waals surface area contributed by atoms with E-state index in [2.05, 4.69) is 17.0 Å². The minimum Gasteiger partial charge on any atom is -0.507 e. The number of fused-ring (bicyclic) bond motifs is 1. The fourth-order valence-corrected chi connectivity index (χ4v) is 4.14. The van der Waals surface area contributed by atoms with Gasteiger partial charge in [-0.25, -0.2) is 14.4 Å². The summed E-state index contributed by atoms with van der Waals surface area (Å²) in [7, 11) is 0. The number of amidine groups is 2. The molecule has 2 aliphatic heterocycles. The van der Waals surface area contributed by atoms with Crippen LogP contribution in [-0.2, 0) is 11.2 Å². The number of nitrogens with zero attached hydrogens (tertiary/aromatic N) is 4. The summed E-state index contributed by atoms with van der Waals surface area (Å²) in [6.45, 7) is 7.50. The Kier molecular flexibility index (Phi) is 6.49.